The zero-order chi connectivity index (χ0) is 26.7. The van der Waals surface area contributed by atoms with Crippen molar-refractivity contribution in [1.29, 1.82) is 0 Å². The van der Waals surface area contributed by atoms with E-state index >= 15 is 0 Å². The predicted octanol–water partition coefficient (Wildman–Crippen LogP) is 6.09. The molecule has 202 valence electrons. The van der Waals surface area contributed by atoms with E-state index in [0.29, 0.717) is 32.8 Å². The van der Waals surface area contributed by atoms with Crippen molar-refractivity contribution in [1.82, 2.24) is 0 Å². The Kier molecular flexibility index (Phi) is 9.91. The molecule has 1 aliphatic carbocycles. The van der Waals surface area contributed by atoms with Crippen LogP contribution in [0.3, 0.4) is 0 Å². The topological polar surface area (TPSA) is 57.2 Å². The van der Waals surface area contributed by atoms with Gasteiger partial charge < -0.3 is 24.1 Å². The SMILES string of the molecule is O[C@H]1C[C@H](OCc2ccccc2)[C@@H](OCc2ccccc2)[C@H](OCc2ccccc2)[C@H]1OCc1ccccc1. The molecule has 0 bridgehead atoms. The van der Waals surface area contributed by atoms with Gasteiger partial charge in [0.25, 0.3) is 0 Å². The Labute approximate surface area is 230 Å². The summed E-state index contributed by atoms with van der Waals surface area (Å²) in [6.45, 7) is 1.57. The lowest BCUT2D eigenvalue weighted by Gasteiger charge is -2.44. The summed E-state index contributed by atoms with van der Waals surface area (Å²) in [5.74, 6) is 0. The van der Waals surface area contributed by atoms with E-state index in [1.165, 1.54) is 0 Å². The molecule has 0 heterocycles. The van der Waals surface area contributed by atoms with Crippen molar-refractivity contribution in [2.45, 2.75) is 63.4 Å². The molecule has 5 rings (SSSR count). The Hall–Kier alpha value is -3.32. The lowest BCUT2D eigenvalue weighted by atomic mass is 9.86. The van der Waals surface area contributed by atoms with Crippen molar-refractivity contribution in [3.63, 3.8) is 0 Å². The average Bonchev–Trinajstić information content (AvgIpc) is 3.00. The second kappa shape index (κ2) is 14.2. The van der Waals surface area contributed by atoms with Gasteiger partial charge in [-0.2, -0.15) is 0 Å². The zero-order valence-corrected chi connectivity index (χ0v) is 22.0. The van der Waals surface area contributed by atoms with Crippen LogP contribution >= 0.6 is 0 Å². The summed E-state index contributed by atoms with van der Waals surface area (Å²) in [6, 6.07) is 40.1. The number of ether oxygens (including phenoxy) is 4. The summed E-state index contributed by atoms with van der Waals surface area (Å²) in [7, 11) is 0. The largest absolute Gasteiger partial charge is 0.390 e. The molecule has 39 heavy (non-hydrogen) atoms. The van der Waals surface area contributed by atoms with Crippen molar-refractivity contribution < 1.29 is 24.1 Å². The van der Waals surface area contributed by atoms with E-state index < -0.39 is 24.4 Å². The van der Waals surface area contributed by atoms with Crippen LogP contribution in [0.15, 0.2) is 121 Å². The average molecular weight is 525 g/mol. The number of hydrogen-bond acceptors (Lipinski definition) is 5. The Morgan fingerprint density at radius 2 is 0.769 bits per heavy atom. The summed E-state index contributed by atoms with van der Waals surface area (Å²) in [5.41, 5.74) is 4.21. The van der Waals surface area contributed by atoms with Gasteiger partial charge in [-0.3, -0.25) is 0 Å². The summed E-state index contributed by atoms with van der Waals surface area (Å²) in [5, 5.41) is 11.3. The molecule has 1 fully saturated rings. The predicted molar refractivity (Wildman–Crippen MR) is 151 cm³/mol. The van der Waals surface area contributed by atoms with Gasteiger partial charge in [0.2, 0.25) is 0 Å². The zero-order valence-electron chi connectivity index (χ0n) is 22.0. The van der Waals surface area contributed by atoms with Gasteiger partial charge in [0.1, 0.15) is 18.3 Å². The molecule has 0 aromatic heterocycles. The molecular formula is C34H36O5. The van der Waals surface area contributed by atoms with Crippen LogP contribution in [-0.4, -0.2) is 35.6 Å². The molecule has 5 nitrogen and oxygen atoms in total. The van der Waals surface area contributed by atoms with E-state index in [4.69, 9.17) is 18.9 Å². The fraction of sp³-hybridized carbons (Fsp3) is 0.294. The highest BCUT2D eigenvalue weighted by Gasteiger charge is 2.47. The maximum absolute atomic E-state index is 11.3. The third-order valence-electron chi connectivity index (χ3n) is 7.03. The molecule has 4 aromatic carbocycles. The van der Waals surface area contributed by atoms with E-state index in [2.05, 4.69) is 0 Å². The molecule has 4 aromatic rings. The molecule has 5 heteroatoms. The van der Waals surface area contributed by atoms with Gasteiger partial charge >= 0.3 is 0 Å². The van der Waals surface area contributed by atoms with Crippen molar-refractivity contribution in [2.75, 3.05) is 0 Å². The molecule has 1 aliphatic rings. The van der Waals surface area contributed by atoms with E-state index in [9.17, 15) is 5.11 Å². The van der Waals surface area contributed by atoms with Gasteiger partial charge in [-0.1, -0.05) is 121 Å². The van der Waals surface area contributed by atoms with Gasteiger partial charge in [0.05, 0.1) is 38.6 Å². The van der Waals surface area contributed by atoms with Crippen molar-refractivity contribution in [3.8, 4) is 0 Å². The monoisotopic (exact) mass is 524 g/mol. The van der Waals surface area contributed by atoms with Crippen molar-refractivity contribution >= 4 is 0 Å². The summed E-state index contributed by atoms with van der Waals surface area (Å²) in [6.07, 6.45) is -2.32. The molecule has 0 unspecified atom stereocenters. The quantitative estimate of drug-likeness (QED) is 0.243. The van der Waals surface area contributed by atoms with E-state index in [-0.39, 0.29) is 6.10 Å². The maximum atomic E-state index is 11.3. The summed E-state index contributed by atoms with van der Waals surface area (Å²) >= 11 is 0. The van der Waals surface area contributed by atoms with E-state index in [0.717, 1.165) is 22.3 Å². The first-order chi connectivity index (χ1) is 19.3. The highest BCUT2D eigenvalue weighted by molar-refractivity contribution is 5.16. The van der Waals surface area contributed by atoms with Crippen LogP contribution in [0.1, 0.15) is 28.7 Å². The Morgan fingerprint density at radius 3 is 1.18 bits per heavy atom. The number of rotatable bonds is 12. The van der Waals surface area contributed by atoms with Gasteiger partial charge in [-0.05, 0) is 22.3 Å². The second-order valence-corrected chi connectivity index (χ2v) is 9.92. The number of benzene rings is 4. The Bertz CT molecular complexity index is 1220. The third kappa shape index (κ3) is 7.85. The highest BCUT2D eigenvalue weighted by atomic mass is 16.6. The minimum Gasteiger partial charge on any atom is -0.390 e. The minimum absolute atomic E-state index is 0.370. The van der Waals surface area contributed by atoms with Crippen molar-refractivity contribution in [3.05, 3.63) is 144 Å². The normalized spacial score (nSPS) is 22.9. The lowest BCUT2D eigenvalue weighted by molar-refractivity contribution is -0.240. The van der Waals surface area contributed by atoms with Crippen LogP contribution in [0.25, 0.3) is 0 Å². The number of hydrogen-bond donors (Lipinski definition) is 1. The fourth-order valence-corrected chi connectivity index (χ4v) is 4.96. The molecule has 1 N–H and O–H groups in total. The maximum Gasteiger partial charge on any atom is 0.115 e. The number of aliphatic hydroxyl groups is 1. The highest BCUT2D eigenvalue weighted by Crippen LogP contribution is 2.32. The smallest absolute Gasteiger partial charge is 0.115 e. The first-order valence-electron chi connectivity index (χ1n) is 13.6. The molecule has 0 aliphatic heterocycles. The molecule has 0 radical (unpaired) electrons. The van der Waals surface area contributed by atoms with Crippen LogP contribution in [0.4, 0.5) is 0 Å². The van der Waals surface area contributed by atoms with Crippen molar-refractivity contribution in [2.24, 2.45) is 0 Å². The second-order valence-electron chi connectivity index (χ2n) is 9.92. The van der Waals surface area contributed by atoms with Gasteiger partial charge in [-0.25, -0.2) is 0 Å². The van der Waals surface area contributed by atoms with Crippen LogP contribution in [0, 0.1) is 0 Å². The molecular weight excluding hydrogens is 488 g/mol. The molecule has 5 atom stereocenters. The summed E-state index contributed by atoms with van der Waals surface area (Å²) in [4.78, 5) is 0. The molecule has 1 saturated carbocycles. The van der Waals surface area contributed by atoms with Crippen LogP contribution in [0.2, 0.25) is 0 Å². The first kappa shape index (κ1) is 27.3. The third-order valence-corrected chi connectivity index (χ3v) is 7.03. The molecule has 0 amide bonds. The molecule has 0 spiro atoms. The minimum atomic E-state index is -0.771. The van der Waals surface area contributed by atoms with Gasteiger partial charge in [0, 0.05) is 6.42 Å². The Morgan fingerprint density at radius 1 is 0.436 bits per heavy atom. The Balaban J connectivity index is 1.38. The number of aliphatic hydroxyl groups excluding tert-OH is 1. The van der Waals surface area contributed by atoms with Gasteiger partial charge in [0.15, 0.2) is 0 Å². The van der Waals surface area contributed by atoms with Crippen LogP contribution in [0.5, 0.6) is 0 Å². The summed E-state index contributed by atoms with van der Waals surface area (Å²) < 4.78 is 25.9. The van der Waals surface area contributed by atoms with Crippen LogP contribution in [-0.2, 0) is 45.4 Å². The van der Waals surface area contributed by atoms with Gasteiger partial charge in [-0.15, -0.1) is 0 Å². The van der Waals surface area contributed by atoms with E-state index in [1.807, 2.05) is 121 Å². The first-order valence-corrected chi connectivity index (χ1v) is 13.6. The fourth-order valence-electron chi connectivity index (χ4n) is 4.96. The van der Waals surface area contributed by atoms with Crippen LogP contribution < -0.4 is 0 Å². The van der Waals surface area contributed by atoms with E-state index in [1.54, 1.807) is 0 Å². The standard InChI is InChI=1S/C34H36O5/c35-30-21-31(36-22-26-13-5-1-6-14-26)33(38-24-28-17-9-3-10-18-28)34(39-25-29-19-11-4-12-20-29)32(30)37-23-27-15-7-2-8-16-27/h1-20,30-35H,21-25H2/t30-,31-,32-,33+,34+/m0/s1. The molecule has 0 saturated heterocycles. The lowest BCUT2D eigenvalue weighted by Crippen LogP contribution is -2.59.